The molecule has 0 unspecified atom stereocenters. The lowest BCUT2D eigenvalue weighted by atomic mass is 10.3. The van der Waals surface area contributed by atoms with Crippen molar-refractivity contribution in [2.75, 3.05) is 38.7 Å². The van der Waals surface area contributed by atoms with Gasteiger partial charge in [-0.15, -0.1) is 0 Å². The quantitative estimate of drug-likeness (QED) is 0.463. The summed E-state index contributed by atoms with van der Waals surface area (Å²) >= 11 is 0. The molecule has 3 rings (SSSR count). The molecule has 1 N–H and O–H groups in total. The number of methoxy groups -OCH3 is 1. The molecule has 0 radical (unpaired) electrons. The minimum atomic E-state index is -3.83. The van der Waals surface area contributed by atoms with Crippen LogP contribution in [0.5, 0.6) is 5.75 Å². The first kappa shape index (κ1) is 22.7. The Balaban J connectivity index is 1.72. The minimum absolute atomic E-state index is 0.0198. The highest BCUT2D eigenvalue weighted by molar-refractivity contribution is 7.89. The minimum Gasteiger partial charge on any atom is -0.495 e. The normalized spacial score (nSPS) is 14.9. The Morgan fingerprint density at radius 1 is 1.35 bits per heavy atom. The number of hydrogen-bond donors (Lipinski definition) is 1. The number of carbonyl (C=O) groups is 1. The van der Waals surface area contributed by atoms with Crippen LogP contribution in [0, 0.1) is 17.0 Å². The Kier molecular flexibility index (Phi) is 6.87. The molecule has 1 aliphatic rings. The number of nitro groups is 1. The number of rotatable bonds is 8. The number of nitrogens with one attached hydrogen (secondary N) is 1. The van der Waals surface area contributed by atoms with Gasteiger partial charge in [-0.2, -0.15) is 4.31 Å². The number of benzene rings is 1. The van der Waals surface area contributed by atoms with E-state index in [1.54, 1.807) is 13.0 Å². The Bertz CT molecular complexity index is 1080. The van der Waals surface area contributed by atoms with Crippen LogP contribution in [0.1, 0.15) is 12.2 Å². The van der Waals surface area contributed by atoms with E-state index >= 15 is 0 Å². The highest BCUT2D eigenvalue weighted by Crippen LogP contribution is 2.30. The molecule has 2 heterocycles. The molecule has 1 aliphatic heterocycles. The summed E-state index contributed by atoms with van der Waals surface area (Å²) in [7, 11) is -2.45. The van der Waals surface area contributed by atoms with Crippen molar-refractivity contribution in [1.29, 1.82) is 0 Å². The maximum absolute atomic E-state index is 13.0. The van der Waals surface area contributed by atoms with Gasteiger partial charge in [0.25, 0.3) is 0 Å². The van der Waals surface area contributed by atoms with Gasteiger partial charge in [0.05, 0.1) is 20.3 Å². The first-order valence-corrected chi connectivity index (χ1v) is 10.9. The number of hydrogen-bond acceptors (Lipinski definition) is 8. The zero-order valence-electron chi connectivity index (χ0n) is 17.1. The predicted molar refractivity (Wildman–Crippen MR) is 109 cm³/mol. The average Bonchev–Trinajstić information content (AvgIpc) is 3.14. The van der Waals surface area contributed by atoms with Crippen molar-refractivity contribution in [3.63, 3.8) is 0 Å². The number of anilines is 1. The van der Waals surface area contributed by atoms with Crippen LogP contribution >= 0.6 is 0 Å². The molecule has 1 amide bonds. The summed E-state index contributed by atoms with van der Waals surface area (Å²) in [4.78, 5) is 26.3. The van der Waals surface area contributed by atoms with Gasteiger partial charge in [-0.05, 0) is 28.1 Å². The summed E-state index contributed by atoms with van der Waals surface area (Å²) in [5.74, 6) is -0.0738. The van der Waals surface area contributed by atoms with Crippen LogP contribution in [-0.2, 0) is 26.1 Å². The fraction of sp³-hybridized carbons (Fsp3) is 0.444. The summed E-state index contributed by atoms with van der Waals surface area (Å²) in [6, 6.07) is 4.38. The molecule has 1 aromatic carbocycles. The lowest BCUT2D eigenvalue weighted by Gasteiger charge is -2.26. The first-order chi connectivity index (χ1) is 14.7. The molecule has 13 heteroatoms. The summed E-state index contributed by atoms with van der Waals surface area (Å²) in [6.45, 7) is 2.88. The fourth-order valence-corrected chi connectivity index (χ4v) is 4.72. The number of morpholine rings is 1. The Morgan fingerprint density at radius 2 is 2.06 bits per heavy atom. The molecule has 0 bridgehead atoms. The molecule has 1 aromatic heterocycles. The lowest BCUT2D eigenvalue weighted by Crippen LogP contribution is -2.40. The zero-order valence-corrected chi connectivity index (χ0v) is 17.9. The molecule has 1 saturated heterocycles. The van der Waals surface area contributed by atoms with E-state index in [0.29, 0.717) is 24.7 Å². The largest absolute Gasteiger partial charge is 0.495 e. The summed E-state index contributed by atoms with van der Waals surface area (Å²) < 4.78 is 39.3. The summed E-state index contributed by atoms with van der Waals surface area (Å²) in [5.41, 5.74) is 0.297. The van der Waals surface area contributed by atoms with Crippen molar-refractivity contribution >= 4 is 27.4 Å². The number of imidazole rings is 1. The van der Waals surface area contributed by atoms with Crippen LogP contribution in [0.3, 0.4) is 0 Å². The van der Waals surface area contributed by atoms with E-state index in [0.717, 1.165) is 0 Å². The van der Waals surface area contributed by atoms with Crippen LogP contribution in [0.2, 0.25) is 0 Å². The maximum Gasteiger partial charge on any atom is 0.381 e. The van der Waals surface area contributed by atoms with Gasteiger partial charge in [-0.25, -0.2) is 8.42 Å². The standard InChI is InChI=1S/C18H23N5O7S/c1-13-19-17(23(25)26)12-21(13)6-5-18(24)20-14-3-4-15(29-2)16(11-14)31(27,28)22-7-9-30-10-8-22/h3-4,11-12H,5-10H2,1-2H3,(H,20,24). The van der Waals surface area contributed by atoms with E-state index in [2.05, 4.69) is 10.3 Å². The van der Waals surface area contributed by atoms with Gasteiger partial charge in [0, 0.05) is 38.7 Å². The number of ether oxygens (including phenoxy) is 2. The van der Waals surface area contributed by atoms with E-state index in [4.69, 9.17) is 9.47 Å². The number of sulfonamides is 1. The van der Waals surface area contributed by atoms with Gasteiger partial charge in [0.2, 0.25) is 21.8 Å². The fourth-order valence-electron chi connectivity index (χ4n) is 3.13. The molecular weight excluding hydrogens is 430 g/mol. The third-order valence-corrected chi connectivity index (χ3v) is 6.69. The maximum atomic E-state index is 13.0. The van der Waals surface area contributed by atoms with E-state index in [-0.39, 0.29) is 48.4 Å². The van der Waals surface area contributed by atoms with Gasteiger partial charge in [0.1, 0.15) is 16.8 Å². The number of nitrogens with zero attached hydrogens (tertiary/aromatic N) is 4. The number of aryl methyl sites for hydroxylation is 2. The number of amides is 1. The van der Waals surface area contributed by atoms with Crippen LogP contribution < -0.4 is 10.1 Å². The van der Waals surface area contributed by atoms with Gasteiger partial charge in [-0.3, -0.25) is 4.79 Å². The van der Waals surface area contributed by atoms with Crippen LogP contribution in [0.25, 0.3) is 0 Å². The van der Waals surface area contributed by atoms with E-state index in [9.17, 15) is 23.3 Å². The topological polar surface area (TPSA) is 146 Å². The summed E-state index contributed by atoms with van der Waals surface area (Å²) in [6.07, 6.45) is 1.29. The van der Waals surface area contributed by atoms with Crippen molar-refractivity contribution in [3.05, 3.63) is 40.3 Å². The molecule has 1 fully saturated rings. The molecule has 0 atom stereocenters. The highest BCUT2D eigenvalue weighted by Gasteiger charge is 2.29. The second kappa shape index (κ2) is 9.41. The number of aromatic nitrogens is 2. The average molecular weight is 453 g/mol. The van der Waals surface area contributed by atoms with Crippen LogP contribution in [0.4, 0.5) is 11.5 Å². The van der Waals surface area contributed by atoms with Crippen LogP contribution in [-0.4, -0.2) is 66.5 Å². The van der Waals surface area contributed by atoms with Gasteiger partial charge < -0.3 is 29.5 Å². The predicted octanol–water partition coefficient (Wildman–Crippen LogP) is 1.16. The number of carbonyl (C=O) groups excluding carboxylic acids is 1. The Hall–Kier alpha value is -3.03. The lowest BCUT2D eigenvalue weighted by molar-refractivity contribution is -0.389. The van der Waals surface area contributed by atoms with Gasteiger partial charge in [0.15, 0.2) is 0 Å². The van der Waals surface area contributed by atoms with Crippen molar-refractivity contribution in [3.8, 4) is 5.75 Å². The van der Waals surface area contributed by atoms with E-state index in [1.807, 2.05) is 0 Å². The first-order valence-electron chi connectivity index (χ1n) is 9.46. The smallest absolute Gasteiger partial charge is 0.381 e. The molecule has 31 heavy (non-hydrogen) atoms. The molecule has 0 spiro atoms. The van der Waals surface area contributed by atoms with Crippen molar-refractivity contribution < 1.29 is 27.6 Å². The second-order valence-electron chi connectivity index (χ2n) is 6.78. The molecular formula is C18H23N5O7S. The Morgan fingerprint density at radius 3 is 2.68 bits per heavy atom. The van der Waals surface area contributed by atoms with Gasteiger partial charge in [-0.1, -0.05) is 0 Å². The SMILES string of the molecule is COc1ccc(NC(=O)CCn2cc([N+](=O)[O-])nc2C)cc1S(=O)(=O)N1CCOCC1. The van der Waals surface area contributed by atoms with Gasteiger partial charge >= 0.3 is 5.82 Å². The summed E-state index contributed by atoms with van der Waals surface area (Å²) in [5, 5.41) is 13.5. The van der Waals surface area contributed by atoms with Crippen molar-refractivity contribution in [2.45, 2.75) is 24.8 Å². The monoisotopic (exact) mass is 453 g/mol. The molecule has 168 valence electrons. The zero-order chi connectivity index (χ0) is 22.6. The third kappa shape index (κ3) is 5.18. The van der Waals surface area contributed by atoms with Crippen molar-refractivity contribution in [1.82, 2.24) is 13.9 Å². The van der Waals surface area contributed by atoms with Crippen molar-refractivity contribution in [2.24, 2.45) is 0 Å². The Labute approximate surface area is 179 Å². The van der Waals surface area contributed by atoms with E-state index < -0.39 is 14.9 Å². The third-order valence-electron chi connectivity index (χ3n) is 4.77. The molecule has 12 nitrogen and oxygen atoms in total. The second-order valence-corrected chi connectivity index (χ2v) is 8.68. The molecule has 2 aromatic rings. The van der Waals surface area contributed by atoms with Crippen LogP contribution in [0.15, 0.2) is 29.3 Å². The molecule has 0 aliphatic carbocycles. The molecule has 0 saturated carbocycles. The van der Waals surface area contributed by atoms with E-state index in [1.165, 1.54) is 34.3 Å². The highest BCUT2D eigenvalue weighted by atomic mass is 32.2.